The van der Waals surface area contributed by atoms with Gasteiger partial charge in [-0.15, -0.1) is 0 Å². The molecule has 1 unspecified atom stereocenters. The number of nitrogens with zero attached hydrogens (tertiary/aromatic N) is 2. The van der Waals surface area contributed by atoms with Crippen LogP contribution in [0.2, 0.25) is 0 Å². The van der Waals surface area contributed by atoms with Gasteiger partial charge in [0.2, 0.25) is 0 Å². The van der Waals surface area contributed by atoms with Gasteiger partial charge in [-0.1, -0.05) is 158 Å². The van der Waals surface area contributed by atoms with Crippen molar-refractivity contribution >= 4 is 66.2 Å². The average molecular weight is 628 g/mol. The first kappa shape index (κ1) is 28.9. The van der Waals surface area contributed by atoms with Gasteiger partial charge in [-0.2, -0.15) is 0 Å². The first-order valence-corrected chi connectivity index (χ1v) is 16.7. The largest absolute Gasteiger partial charge is 0.321 e. The van der Waals surface area contributed by atoms with Crippen LogP contribution >= 0.6 is 0 Å². The highest BCUT2D eigenvalue weighted by atomic mass is 15.0. The van der Waals surface area contributed by atoms with E-state index in [0.29, 0.717) is 0 Å². The van der Waals surface area contributed by atoms with Gasteiger partial charge in [0, 0.05) is 27.1 Å². The summed E-state index contributed by atoms with van der Waals surface area (Å²) in [4.78, 5) is 5.31. The van der Waals surface area contributed by atoms with Crippen LogP contribution in [-0.2, 0) is 0 Å². The van der Waals surface area contributed by atoms with E-state index in [1.54, 1.807) is 0 Å². The van der Waals surface area contributed by atoms with Crippen LogP contribution in [0, 0.1) is 0 Å². The van der Waals surface area contributed by atoms with Gasteiger partial charge in [0.1, 0.15) is 6.34 Å². The monoisotopic (exact) mass is 627 g/mol. The molecule has 3 heteroatoms. The van der Waals surface area contributed by atoms with E-state index in [0.717, 1.165) is 39.0 Å². The van der Waals surface area contributed by atoms with Crippen LogP contribution in [0.4, 0.5) is 0 Å². The summed E-state index contributed by atoms with van der Waals surface area (Å²) >= 11 is 0. The minimum absolute atomic E-state index is 0.331. The zero-order valence-corrected chi connectivity index (χ0v) is 26.9. The maximum absolute atomic E-state index is 6.84. The Bertz CT molecular complexity index is 2720. The van der Waals surface area contributed by atoms with Crippen LogP contribution in [0.15, 0.2) is 181 Å². The van der Waals surface area contributed by atoms with Gasteiger partial charge >= 0.3 is 0 Å². The Kier molecular flexibility index (Phi) is 7.11. The first-order valence-electron chi connectivity index (χ1n) is 16.7. The lowest BCUT2D eigenvalue weighted by Gasteiger charge is -2.13. The van der Waals surface area contributed by atoms with Gasteiger partial charge in [-0.3, -0.25) is 4.57 Å². The van der Waals surface area contributed by atoms with E-state index < -0.39 is 0 Å². The molecule has 1 atom stereocenters. The summed E-state index contributed by atoms with van der Waals surface area (Å²) in [6.45, 7) is 0. The van der Waals surface area contributed by atoms with Crippen LogP contribution in [0.1, 0.15) is 17.2 Å². The fraction of sp³-hybridized carbons (Fsp3) is 0.0217. The third kappa shape index (κ3) is 5.00. The molecule has 49 heavy (non-hydrogen) atoms. The standard InChI is InChI=1S/C46H33N3/c47-41(33-17-5-2-6-18-33)29-42(35-20-13-19-34(28-35)31-14-3-1-4-15-31)48-30-49-43-25-12-11-24-40(43)45-44-36-21-8-7-16-32(36)26-27-38(44)37-22-9-10-23-39(37)46(45)49/h1-30,41H,47H2/b42-29-,48-30?. The molecule has 1 heterocycles. The molecule has 0 aliphatic rings. The molecule has 2 N–H and O–H groups in total. The average Bonchev–Trinajstić information content (AvgIpc) is 3.51. The van der Waals surface area contributed by atoms with Crippen molar-refractivity contribution in [1.82, 2.24) is 4.57 Å². The minimum Gasteiger partial charge on any atom is -0.321 e. The number of para-hydroxylation sites is 1. The number of nitrogens with two attached hydrogens (primary N) is 1. The lowest BCUT2D eigenvalue weighted by Crippen LogP contribution is -2.07. The highest BCUT2D eigenvalue weighted by Gasteiger charge is 2.19. The molecule has 0 aliphatic heterocycles. The van der Waals surface area contributed by atoms with E-state index in [-0.39, 0.29) is 6.04 Å². The molecule has 232 valence electrons. The Labute approximate surface area is 284 Å². The summed E-state index contributed by atoms with van der Waals surface area (Å²) in [6.07, 6.45) is 4.07. The van der Waals surface area contributed by atoms with Crippen LogP contribution < -0.4 is 5.73 Å². The lowest BCUT2D eigenvalue weighted by molar-refractivity contribution is 0.911. The lowest BCUT2D eigenvalue weighted by atomic mass is 9.93. The smallest absolute Gasteiger partial charge is 0.100 e. The maximum atomic E-state index is 6.84. The van der Waals surface area contributed by atoms with Crippen molar-refractivity contribution in [3.05, 3.63) is 187 Å². The zero-order valence-electron chi connectivity index (χ0n) is 26.9. The van der Waals surface area contributed by atoms with Gasteiger partial charge in [0.15, 0.2) is 0 Å². The molecule has 8 aromatic carbocycles. The fourth-order valence-electron chi connectivity index (χ4n) is 7.35. The summed E-state index contributed by atoms with van der Waals surface area (Å²) in [5, 5.41) is 9.88. The van der Waals surface area contributed by atoms with Crippen molar-refractivity contribution in [2.24, 2.45) is 10.7 Å². The number of hydrogen-bond acceptors (Lipinski definition) is 2. The fourth-order valence-corrected chi connectivity index (χ4v) is 7.35. The molecular formula is C46H33N3. The summed E-state index contributed by atoms with van der Waals surface area (Å²) in [7, 11) is 0. The molecule has 9 aromatic rings. The van der Waals surface area contributed by atoms with Crippen LogP contribution in [0.3, 0.4) is 0 Å². The predicted molar refractivity (Wildman–Crippen MR) is 209 cm³/mol. The van der Waals surface area contributed by atoms with E-state index in [1.807, 2.05) is 30.6 Å². The van der Waals surface area contributed by atoms with E-state index in [4.69, 9.17) is 10.7 Å². The summed E-state index contributed by atoms with van der Waals surface area (Å²) < 4.78 is 2.27. The van der Waals surface area contributed by atoms with E-state index in [1.165, 1.54) is 43.1 Å². The van der Waals surface area contributed by atoms with Crippen LogP contribution in [0.5, 0.6) is 0 Å². The van der Waals surface area contributed by atoms with Crippen molar-refractivity contribution in [2.75, 3.05) is 0 Å². The van der Waals surface area contributed by atoms with Crippen molar-refractivity contribution in [2.45, 2.75) is 6.04 Å². The number of hydrogen-bond donors (Lipinski definition) is 1. The summed E-state index contributed by atoms with van der Waals surface area (Å²) in [6, 6.07) is 59.6. The SMILES string of the molecule is NC(/C=C(\N=Cn1c2ccccc2c2c3c4ccccc4ccc3c3ccccc3c21)c1cccc(-c2ccccc2)c1)c1ccccc1. The van der Waals surface area contributed by atoms with Crippen LogP contribution in [-0.4, -0.2) is 10.9 Å². The number of benzene rings is 8. The predicted octanol–water partition coefficient (Wildman–Crippen LogP) is 11.5. The van der Waals surface area contributed by atoms with E-state index in [9.17, 15) is 0 Å². The van der Waals surface area contributed by atoms with Crippen molar-refractivity contribution in [3.8, 4) is 11.1 Å². The molecule has 0 bridgehead atoms. The Hall–Kier alpha value is -6.29. The maximum Gasteiger partial charge on any atom is 0.100 e. The second kappa shape index (κ2) is 12.1. The number of fused-ring (bicyclic) bond motifs is 10. The molecule has 0 saturated heterocycles. The van der Waals surface area contributed by atoms with Gasteiger partial charge in [-0.05, 0) is 56.4 Å². The molecule has 0 amide bonds. The quantitative estimate of drug-likeness (QED) is 0.111. The Balaban J connectivity index is 1.32. The molecule has 1 aromatic heterocycles. The Morgan fingerprint density at radius 2 is 1.18 bits per heavy atom. The summed E-state index contributed by atoms with van der Waals surface area (Å²) in [5.41, 5.74) is 14.3. The Morgan fingerprint density at radius 3 is 2.00 bits per heavy atom. The second-order valence-electron chi connectivity index (χ2n) is 12.5. The van der Waals surface area contributed by atoms with Gasteiger partial charge < -0.3 is 5.73 Å². The second-order valence-corrected chi connectivity index (χ2v) is 12.5. The Morgan fingerprint density at radius 1 is 0.531 bits per heavy atom. The zero-order chi connectivity index (χ0) is 32.7. The van der Waals surface area contributed by atoms with Gasteiger partial charge in [0.05, 0.1) is 22.8 Å². The normalized spacial score (nSPS) is 13.0. The van der Waals surface area contributed by atoms with E-state index in [2.05, 4.69) is 156 Å². The molecular weight excluding hydrogens is 595 g/mol. The van der Waals surface area contributed by atoms with Crippen molar-refractivity contribution < 1.29 is 0 Å². The molecule has 0 aliphatic carbocycles. The summed E-state index contributed by atoms with van der Waals surface area (Å²) in [5.74, 6) is 0. The molecule has 0 radical (unpaired) electrons. The highest BCUT2D eigenvalue weighted by Crippen LogP contribution is 2.43. The van der Waals surface area contributed by atoms with E-state index >= 15 is 0 Å². The van der Waals surface area contributed by atoms with Gasteiger partial charge in [-0.25, -0.2) is 4.99 Å². The highest BCUT2D eigenvalue weighted by molar-refractivity contribution is 6.37. The van der Waals surface area contributed by atoms with Gasteiger partial charge in [0.25, 0.3) is 0 Å². The first-order chi connectivity index (χ1) is 24.2. The topological polar surface area (TPSA) is 43.3 Å². The van der Waals surface area contributed by atoms with Crippen molar-refractivity contribution in [1.29, 1.82) is 0 Å². The molecule has 0 saturated carbocycles. The molecule has 3 nitrogen and oxygen atoms in total. The number of rotatable bonds is 6. The third-order valence-corrected chi connectivity index (χ3v) is 9.66. The molecule has 0 fully saturated rings. The van der Waals surface area contributed by atoms with Crippen LogP contribution in [0.25, 0.3) is 70.9 Å². The number of aliphatic imine (C=N–C) groups is 1. The minimum atomic E-state index is -0.331. The third-order valence-electron chi connectivity index (χ3n) is 9.66. The van der Waals surface area contributed by atoms with Crippen molar-refractivity contribution in [3.63, 3.8) is 0 Å². The molecule has 0 spiro atoms. The number of aromatic nitrogens is 1. The molecule has 9 rings (SSSR count).